The van der Waals surface area contributed by atoms with E-state index in [1.54, 1.807) is 0 Å². The number of aromatic nitrogens is 3. The third kappa shape index (κ3) is 3.17. The van der Waals surface area contributed by atoms with Crippen molar-refractivity contribution in [3.05, 3.63) is 75.8 Å². The highest BCUT2D eigenvalue weighted by Crippen LogP contribution is 2.20. The van der Waals surface area contributed by atoms with Gasteiger partial charge in [-0.3, -0.25) is 9.47 Å². The quantitative estimate of drug-likeness (QED) is 0.667. The highest BCUT2D eigenvalue weighted by Gasteiger charge is 2.18. The molecule has 2 aromatic carbocycles. The van der Waals surface area contributed by atoms with Crippen LogP contribution in [-0.4, -0.2) is 25.8 Å². The first kappa shape index (κ1) is 16.2. The third-order valence-electron chi connectivity index (χ3n) is 4.80. The van der Waals surface area contributed by atoms with Crippen LogP contribution in [0.1, 0.15) is 22.5 Å². The molecule has 1 aliphatic heterocycles. The fourth-order valence-corrected chi connectivity index (χ4v) is 3.87. The van der Waals surface area contributed by atoms with E-state index < -0.39 is 0 Å². The Morgan fingerprint density at radius 2 is 1.84 bits per heavy atom. The fraction of sp³-hybridized carbons (Fsp3) is 0.300. The maximum Gasteiger partial charge on any atom is 0.203 e. The zero-order chi connectivity index (χ0) is 17.4. The lowest BCUT2D eigenvalue weighted by atomic mass is 10.0. The number of benzene rings is 2. The molecule has 0 fully saturated rings. The van der Waals surface area contributed by atoms with E-state index in [1.807, 2.05) is 11.6 Å². The highest BCUT2D eigenvalue weighted by atomic mass is 32.1. The second-order valence-electron chi connectivity index (χ2n) is 6.72. The summed E-state index contributed by atoms with van der Waals surface area (Å²) in [7, 11) is 0. The first-order valence-electron chi connectivity index (χ1n) is 8.64. The van der Waals surface area contributed by atoms with Crippen molar-refractivity contribution in [3.8, 4) is 5.69 Å². The number of aryl methyl sites for hydroxylation is 2. The van der Waals surface area contributed by atoms with Gasteiger partial charge in [-0.05, 0) is 61.3 Å². The highest BCUT2D eigenvalue weighted by molar-refractivity contribution is 7.71. The number of rotatable bonds is 3. The molecule has 0 saturated heterocycles. The summed E-state index contributed by atoms with van der Waals surface area (Å²) in [5, 5.41) is 4.70. The van der Waals surface area contributed by atoms with Gasteiger partial charge in [-0.25, -0.2) is 4.68 Å². The summed E-state index contributed by atoms with van der Waals surface area (Å²) < 4.78 is 4.75. The molecular weight excluding hydrogens is 328 g/mol. The van der Waals surface area contributed by atoms with Crippen LogP contribution in [0.15, 0.2) is 48.5 Å². The van der Waals surface area contributed by atoms with Crippen molar-refractivity contribution in [1.29, 1.82) is 0 Å². The second-order valence-corrected chi connectivity index (χ2v) is 7.08. The van der Waals surface area contributed by atoms with Crippen molar-refractivity contribution in [1.82, 2.24) is 19.2 Å². The Morgan fingerprint density at radius 3 is 2.64 bits per heavy atom. The normalized spacial score (nSPS) is 14.5. The molecule has 4 rings (SSSR count). The summed E-state index contributed by atoms with van der Waals surface area (Å²) in [6.07, 6.45) is 1.08. The van der Waals surface area contributed by atoms with Gasteiger partial charge in [0, 0.05) is 18.8 Å². The largest absolute Gasteiger partial charge is 0.280 e. The Bertz CT molecular complexity index is 970. The Balaban J connectivity index is 1.61. The van der Waals surface area contributed by atoms with Gasteiger partial charge in [0.1, 0.15) is 5.82 Å². The lowest BCUT2D eigenvalue weighted by Crippen LogP contribution is -2.32. The summed E-state index contributed by atoms with van der Waals surface area (Å²) in [4.78, 5) is 2.41. The molecule has 128 valence electrons. The van der Waals surface area contributed by atoms with Gasteiger partial charge in [0.15, 0.2) is 0 Å². The van der Waals surface area contributed by atoms with Crippen molar-refractivity contribution in [2.24, 2.45) is 0 Å². The van der Waals surface area contributed by atoms with Gasteiger partial charge in [0.05, 0.1) is 6.67 Å². The first-order valence-corrected chi connectivity index (χ1v) is 9.05. The summed E-state index contributed by atoms with van der Waals surface area (Å²) >= 11 is 5.72. The molecule has 0 amide bonds. The van der Waals surface area contributed by atoms with Gasteiger partial charge < -0.3 is 0 Å². The predicted octanol–water partition coefficient (Wildman–Crippen LogP) is 4.04. The minimum atomic E-state index is 0.729. The number of hydrogen-bond donors (Lipinski definition) is 0. The van der Waals surface area contributed by atoms with Crippen molar-refractivity contribution < 1.29 is 0 Å². The number of hydrogen-bond acceptors (Lipinski definition) is 3. The molecule has 25 heavy (non-hydrogen) atoms. The fourth-order valence-electron chi connectivity index (χ4n) is 3.54. The molecule has 5 heteroatoms. The van der Waals surface area contributed by atoms with E-state index in [4.69, 9.17) is 17.3 Å². The van der Waals surface area contributed by atoms with E-state index >= 15 is 0 Å². The van der Waals surface area contributed by atoms with Gasteiger partial charge in [-0.1, -0.05) is 36.4 Å². The standard InChI is InChI=1S/C20H22N4S/c1-15-6-5-9-19(12-15)24-16(2)21-23(20(24)25)14-22-11-10-17-7-3-4-8-18(17)13-22/h3-9,12H,10-11,13-14H2,1-2H3. The van der Waals surface area contributed by atoms with Gasteiger partial charge in [0.2, 0.25) is 4.77 Å². The molecule has 0 atom stereocenters. The molecule has 0 aliphatic carbocycles. The van der Waals surface area contributed by atoms with Crippen LogP contribution in [0.2, 0.25) is 0 Å². The van der Waals surface area contributed by atoms with Crippen LogP contribution in [-0.2, 0) is 19.6 Å². The van der Waals surface area contributed by atoms with Crippen molar-refractivity contribution in [2.45, 2.75) is 33.5 Å². The Morgan fingerprint density at radius 1 is 1.04 bits per heavy atom. The summed E-state index contributed by atoms with van der Waals surface area (Å²) in [5.74, 6) is 0.924. The Hall–Kier alpha value is -2.24. The molecule has 1 aromatic heterocycles. The topological polar surface area (TPSA) is 26.0 Å². The number of nitrogens with zero attached hydrogens (tertiary/aromatic N) is 4. The van der Waals surface area contributed by atoms with E-state index in [0.717, 1.165) is 42.5 Å². The molecule has 0 unspecified atom stereocenters. The lowest BCUT2D eigenvalue weighted by molar-refractivity contribution is 0.188. The van der Waals surface area contributed by atoms with Gasteiger partial charge in [0.25, 0.3) is 0 Å². The molecule has 0 N–H and O–H groups in total. The van der Waals surface area contributed by atoms with Crippen molar-refractivity contribution >= 4 is 12.2 Å². The van der Waals surface area contributed by atoms with E-state index in [-0.39, 0.29) is 0 Å². The zero-order valence-corrected chi connectivity index (χ0v) is 15.5. The van der Waals surface area contributed by atoms with E-state index in [1.165, 1.54) is 16.7 Å². The minimum absolute atomic E-state index is 0.729. The molecule has 2 heterocycles. The predicted molar refractivity (Wildman–Crippen MR) is 102 cm³/mol. The molecular formula is C20H22N4S. The molecule has 4 nitrogen and oxygen atoms in total. The maximum atomic E-state index is 5.72. The van der Waals surface area contributed by atoms with Crippen LogP contribution in [0.5, 0.6) is 0 Å². The van der Waals surface area contributed by atoms with Crippen molar-refractivity contribution in [2.75, 3.05) is 6.54 Å². The first-order chi connectivity index (χ1) is 12.1. The van der Waals surface area contributed by atoms with Crippen LogP contribution < -0.4 is 0 Å². The van der Waals surface area contributed by atoms with E-state index in [2.05, 4.69) is 64.9 Å². The monoisotopic (exact) mass is 350 g/mol. The Labute approximate surface area is 153 Å². The lowest BCUT2D eigenvalue weighted by Gasteiger charge is -2.28. The van der Waals surface area contributed by atoms with Crippen molar-refractivity contribution in [3.63, 3.8) is 0 Å². The molecule has 0 spiro atoms. The number of fused-ring (bicyclic) bond motifs is 1. The molecule has 1 aliphatic rings. The SMILES string of the molecule is Cc1cccc(-n2c(C)nn(CN3CCc4ccccc4C3)c2=S)c1. The minimum Gasteiger partial charge on any atom is -0.280 e. The maximum absolute atomic E-state index is 5.72. The van der Waals surface area contributed by atoms with Crippen LogP contribution in [0.25, 0.3) is 5.69 Å². The average molecular weight is 350 g/mol. The van der Waals surface area contributed by atoms with Gasteiger partial charge >= 0.3 is 0 Å². The molecule has 0 bridgehead atoms. The summed E-state index contributed by atoms with van der Waals surface area (Å²) in [5.41, 5.74) is 5.18. The third-order valence-corrected chi connectivity index (χ3v) is 5.20. The van der Waals surface area contributed by atoms with E-state index in [0.29, 0.717) is 0 Å². The summed E-state index contributed by atoms with van der Waals surface area (Å²) in [6.45, 7) is 6.83. The van der Waals surface area contributed by atoms with E-state index in [9.17, 15) is 0 Å². The van der Waals surface area contributed by atoms with Crippen LogP contribution in [0.3, 0.4) is 0 Å². The molecule has 3 aromatic rings. The van der Waals surface area contributed by atoms with Crippen LogP contribution in [0.4, 0.5) is 0 Å². The summed E-state index contributed by atoms with van der Waals surface area (Å²) in [6, 6.07) is 17.1. The molecule has 0 radical (unpaired) electrons. The van der Waals surface area contributed by atoms with Crippen LogP contribution >= 0.6 is 12.2 Å². The zero-order valence-electron chi connectivity index (χ0n) is 14.6. The Kier molecular flexibility index (Phi) is 4.27. The van der Waals surface area contributed by atoms with Gasteiger partial charge in [-0.15, -0.1) is 0 Å². The smallest absolute Gasteiger partial charge is 0.203 e. The van der Waals surface area contributed by atoms with Gasteiger partial charge in [-0.2, -0.15) is 5.10 Å². The van der Waals surface area contributed by atoms with Crippen LogP contribution in [0, 0.1) is 18.6 Å². The average Bonchev–Trinajstić information content (AvgIpc) is 2.88. The molecule has 0 saturated carbocycles. The second kappa shape index (κ2) is 6.58.